The minimum atomic E-state index is -0.868. The second kappa shape index (κ2) is 4.53. The molecule has 0 unspecified atom stereocenters. The molecule has 1 aliphatic heterocycles. The number of amides is 1. The molecule has 1 saturated heterocycles. The fourth-order valence-corrected chi connectivity index (χ4v) is 2.29. The smallest absolute Gasteiger partial charge is 0.255 e. The summed E-state index contributed by atoms with van der Waals surface area (Å²) in [4.78, 5) is 13.7. The van der Waals surface area contributed by atoms with E-state index in [9.17, 15) is 9.18 Å². The van der Waals surface area contributed by atoms with Gasteiger partial charge in [0.15, 0.2) is 0 Å². The molecule has 0 aliphatic carbocycles. The van der Waals surface area contributed by atoms with Crippen LogP contribution in [0.25, 0.3) is 0 Å². The van der Waals surface area contributed by atoms with E-state index in [4.69, 9.17) is 0 Å². The molecular weight excluding hydrogens is 273 g/mol. The summed E-state index contributed by atoms with van der Waals surface area (Å²) in [5, 5.41) is 0. The lowest BCUT2D eigenvalue weighted by molar-refractivity contribution is 0.0782. The van der Waals surface area contributed by atoms with Gasteiger partial charge in [0.25, 0.3) is 5.91 Å². The Balaban J connectivity index is 2.23. The number of halogens is 2. The first kappa shape index (κ1) is 11.6. The van der Waals surface area contributed by atoms with E-state index < -0.39 is 6.17 Å². The summed E-state index contributed by atoms with van der Waals surface area (Å²) in [5.74, 6) is -0.0873. The maximum atomic E-state index is 13.0. The number of nitrogens with zero attached hydrogens (tertiary/aromatic N) is 1. The van der Waals surface area contributed by atoms with E-state index in [1.807, 2.05) is 25.1 Å². The van der Waals surface area contributed by atoms with Crippen LogP contribution in [0.4, 0.5) is 4.39 Å². The van der Waals surface area contributed by atoms with Crippen molar-refractivity contribution in [3.05, 3.63) is 33.8 Å². The van der Waals surface area contributed by atoms with Gasteiger partial charge in [-0.05, 0) is 41.4 Å². The van der Waals surface area contributed by atoms with Crippen LogP contribution in [0.1, 0.15) is 22.3 Å². The highest BCUT2D eigenvalue weighted by molar-refractivity contribution is 9.10. The number of hydrogen-bond acceptors (Lipinski definition) is 1. The molecule has 1 amide bonds. The summed E-state index contributed by atoms with van der Waals surface area (Å²) in [6.45, 7) is 2.67. The van der Waals surface area contributed by atoms with Gasteiger partial charge in [-0.1, -0.05) is 11.6 Å². The predicted octanol–water partition coefficient (Wildman–Crippen LogP) is 2.94. The minimum Gasteiger partial charge on any atom is -0.336 e. The highest BCUT2D eigenvalue weighted by Gasteiger charge is 2.27. The van der Waals surface area contributed by atoms with Crippen LogP contribution in [-0.2, 0) is 0 Å². The molecule has 1 aromatic rings. The standard InChI is InChI=1S/C12H13BrFNO/c1-8-2-3-11(13)10(6-8)12(16)15-5-4-9(14)7-15/h2-3,6,9H,4-5,7H2,1H3/t9-/m0/s1. The fraction of sp³-hybridized carbons (Fsp3) is 0.417. The Bertz CT molecular complexity index is 421. The Labute approximate surface area is 103 Å². The molecule has 1 heterocycles. The maximum absolute atomic E-state index is 13.0. The first-order chi connectivity index (χ1) is 7.58. The monoisotopic (exact) mass is 285 g/mol. The molecule has 1 aliphatic rings. The van der Waals surface area contributed by atoms with E-state index in [1.54, 1.807) is 4.90 Å². The van der Waals surface area contributed by atoms with Gasteiger partial charge in [-0.3, -0.25) is 4.79 Å². The highest BCUT2D eigenvalue weighted by Crippen LogP contribution is 2.22. The quantitative estimate of drug-likeness (QED) is 0.777. The number of alkyl halides is 1. The normalized spacial score (nSPS) is 20.2. The Kier molecular flexibility index (Phi) is 3.28. The van der Waals surface area contributed by atoms with Gasteiger partial charge in [0.1, 0.15) is 6.17 Å². The molecule has 1 atom stereocenters. The molecular formula is C12H13BrFNO. The summed E-state index contributed by atoms with van der Waals surface area (Å²) in [5.41, 5.74) is 1.65. The number of benzene rings is 1. The topological polar surface area (TPSA) is 20.3 Å². The van der Waals surface area contributed by atoms with Gasteiger partial charge in [-0.25, -0.2) is 4.39 Å². The van der Waals surface area contributed by atoms with Crippen molar-refractivity contribution >= 4 is 21.8 Å². The van der Waals surface area contributed by atoms with Crippen LogP contribution in [0.3, 0.4) is 0 Å². The summed E-state index contributed by atoms with van der Waals surface area (Å²) < 4.78 is 13.8. The molecule has 2 rings (SSSR count). The van der Waals surface area contributed by atoms with Crippen LogP contribution in [0, 0.1) is 6.92 Å². The Morgan fingerprint density at radius 2 is 2.31 bits per heavy atom. The Morgan fingerprint density at radius 1 is 1.56 bits per heavy atom. The van der Waals surface area contributed by atoms with Crippen molar-refractivity contribution in [1.82, 2.24) is 4.90 Å². The van der Waals surface area contributed by atoms with Crippen LogP contribution in [0.15, 0.2) is 22.7 Å². The fourth-order valence-electron chi connectivity index (χ4n) is 1.88. The Morgan fingerprint density at radius 3 is 2.94 bits per heavy atom. The summed E-state index contributed by atoms with van der Waals surface area (Å²) in [6.07, 6.45) is -0.414. The number of likely N-dealkylation sites (tertiary alicyclic amines) is 1. The maximum Gasteiger partial charge on any atom is 0.255 e. The van der Waals surface area contributed by atoms with Crippen molar-refractivity contribution < 1.29 is 9.18 Å². The van der Waals surface area contributed by atoms with Gasteiger partial charge >= 0.3 is 0 Å². The van der Waals surface area contributed by atoms with Gasteiger partial charge in [0.05, 0.1) is 12.1 Å². The largest absolute Gasteiger partial charge is 0.336 e. The second-order valence-corrected chi connectivity index (χ2v) is 4.97. The van der Waals surface area contributed by atoms with Gasteiger partial charge < -0.3 is 4.90 Å². The van der Waals surface area contributed by atoms with Gasteiger partial charge in [-0.15, -0.1) is 0 Å². The Hall–Kier alpha value is -0.900. The zero-order valence-electron chi connectivity index (χ0n) is 9.04. The van der Waals surface area contributed by atoms with Gasteiger partial charge in [0.2, 0.25) is 0 Å². The predicted molar refractivity (Wildman–Crippen MR) is 64.3 cm³/mol. The lowest BCUT2D eigenvalue weighted by atomic mass is 10.1. The van der Waals surface area contributed by atoms with Crippen molar-refractivity contribution in [1.29, 1.82) is 0 Å². The van der Waals surface area contributed by atoms with Crippen molar-refractivity contribution in [2.75, 3.05) is 13.1 Å². The van der Waals surface area contributed by atoms with Crippen molar-refractivity contribution in [3.8, 4) is 0 Å². The third kappa shape index (κ3) is 2.26. The number of hydrogen-bond donors (Lipinski definition) is 0. The van der Waals surface area contributed by atoms with Crippen LogP contribution in [-0.4, -0.2) is 30.1 Å². The van der Waals surface area contributed by atoms with Gasteiger partial charge in [-0.2, -0.15) is 0 Å². The third-order valence-electron chi connectivity index (χ3n) is 2.77. The van der Waals surface area contributed by atoms with Crippen molar-refractivity contribution in [2.24, 2.45) is 0 Å². The molecule has 0 spiro atoms. The number of carbonyl (C=O) groups excluding carboxylic acids is 1. The lowest BCUT2D eigenvalue weighted by Gasteiger charge is -2.16. The molecule has 1 fully saturated rings. The van der Waals surface area contributed by atoms with Crippen LogP contribution in [0.2, 0.25) is 0 Å². The molecule has 16 heavy (non-hydrogen) atoms. The third-order valence-corrected chi connectivity index (χ3v) is 3.46. The van der Waals surface area contributed by atoms with E-state index >= 15 is 0 Å². The molecule has 86 valence electrons. The first-order valence-electron chi connectivity index (χ1n) is 5.27. The van der Waals surface area contributed by atoms with E-state index in [2.05, 4.69) is 15.9 Å². The average molecular weight is 286 g/mol. The van der Waals surface area contributed by atoms with Crippen molar-refractivity contribution in [3.63, 3.8) is 0 Å². The van der Waals surface area contributed by atoms with Crippen LogP contribution >= 0.6 is 15.9 Å². The minimum absolute atomic E-state index is 0.0873. The zero-order valence-corrected chi connectivity index (χ0v) is 10.6. The number of carbonyl (C=O) groups is 1. The van der Waals surface area contributed by atoms with E-state index in [0.717, 1.165) is 10.0 Å². The molecule has 0 radical (unpaired) electrons. The summed E-state index contributed by atoms with van der Waals surface area (Å²) >= 11 is 3.35. The molecule has 0 bridgehead atoms. The van der Waals surface area contributed by atoms with E-state index in [1.165, 1.54) is 0 Å². The summed E-state index contributed by atoms with van der Waals surface area (Å²) in [7, 11) is 0. The van der Waals surface area contributed by atoms with Gasteiger partial charge in [0, 0.05) is 11.0 Å². The number of rotatable bonds is 1. The first-order valence-corrected chi connectivity index (χ1v) is 6.06. The van der Waals surface area contributed by atoms with Crippen LogP contribution in [0.5, 0.6) is 0 Å². The SMILES string of the molecule is Cc1ccc(Br)c(C(=O)N2CC[C@H](F)C2)c1. The van der Waals surface area contributed by atoms with Crippen molar-refractivity contribution in [2.45, 2.75) is 19.5 Å². The molecule has 0 aromatic heterocycles. The zero-order chi connectivity index (χ0) is 11.7. The molecule has 0 N–H and O–H groups in total. The second-order valence-electron chi connectivity index (χ2n) is 4.12. The van der Waals surface area contributed by atoms with Crippen LogP contribution < -0.4 is 0 Å². The highest BCUT2D eigenvalue weighted by atomic mass is 79.9. The molecule has 1 aromatic carbocycles. The molecule has 0 saturated carbocycles. The average Bonchev–Trinajstić information content (AvgIpc) is 2.67. The molecule has 2 nitrogen and oxygen atoms in total. The van der Waals surface area contributed by atoms with E-state index in [0.29, 0.717) is 18.5 Å². The molecule has 4 heteroatoms. The summed E-state index contributed by atoms with van der Waals surface area (Å²) in [6, 6.07) is 5.62. The lowest BCUT2D eigenvalue weighted by Crippen LogP contribution is -2.29. The van der Waals surface area contributed by atoms with E-state index in [-0.39, 0.29) is 12.5 Å². The number of aryl methyl sites for hydroxylation is 1.